The van der Waals surface area contributed by atoms with Crippen molar-refractivity contribution in [1.29, 1.82) is 0 Å². The van der Waals surface area contributed by atoms with Crippen molar-refractivity contribution in [3.63, 3.8) is 0 Å². The van der Waals surface area contributed by atoms with Crippen LogP contribution in [0.25, 0.3) is 0 Å². The van der Waals surface area contributed by atoms with E-state index in [9.17, 15) is 4.79 Å². The van der Waals surface area contributed by atoms with E-state index in [2.05, 4.69) is 42.0 Å². The third kappa shape index (κ3) is 4.53. The summed E-state index contributed by atoms with van der Waals surface area (Å²) in [6.07, 6.45) is 0.668. The molecule has 1 atom stereocenters. The fraction of sp³-hybridized carbons (Fsp3) is 0.391. The highest BCUT2D eigenvalue weighted by molar-refractivity contribution is 6.31. The average molecular weight is 411 g/mol. The van der Waals surface area contributed by atoms with Crippen LogP contribution in [-0.2, 0) is 4.79 Å². The Morgan fingerprint density at radius 3 is 2.59 bits per heavy atom. The first kappa shape index (κ1) is 20.1. The summed E-state index contributed by atoms with van der Waals surface area (Å²) in [6, 6.07) is 15.9. The van der Waals surface area contributed by atoms with Crippen molar-refractivity contribution in [1.82, 2.24) is 14.8 Å². The van der Waals surface area contributed by atoms with Crippen LogP contribution in [0.1, 0.15) is 29.2 Å². The largest absolute Gasteiger partial charge is 0.304 e. The molecule has 1 unspecified atom stereocenters. The highest BCUT2D eigenvalue weighted by atomic mass is 35.5. The molecule has 2 aromatic carbocycles. The zero-order chi connectivity index (χ0) is 20.4. The summed E-state index contributed by atoms with van der Waals surface area (Å²) in [5, 5.41) is 7.12. The minimum Gasteiger partial charge on any atom is -0.304 e. The molecule has 4 rings (SSSR count). The summed E-state index contributed by atoms with van der Waals surface area (Å²) in [4.78, 5) is 17.8. The lowest BCUT2D eigenvalue weighted by Crippen LogP contribution is -2.48. The number of piperazine rings is 1. The molecule has 0 aliphatic carbocycles. The molecule has 2 aliphatic rings. The minimum absolute atomic E-state index is 0.0297. The highest BCUT2D eigenvalue weighted by Gasteiger charge is 2.35. The van der Waals surface area contributed by atoms with Crippen molar-refractivity contribution in [2.75, 3.05) is 39.8 Å². The minimum atomic E-state index is -0.167. The topological polar surface area (TPSA) is 39.2 Å². The van der Waals surface area contributed by atoms with Gasteiger partial charge in [-0.3, -0.25) is 9.69 Å². The first-order valence-electron chi connectivity index (χ1n) is 10.1. The van der Waals surface area contributed by atoms with Gasteiger partial charge in [-0.05, 0) is 31.2 Å². The number of carbonyl (C=O) groups excluding carboxylic acids is 1. The SMILES string of the molecule is Cc1cccc(C2=NN(C(=O)CN3CCN(C)CC3)C(c3ccccc3Cl)C2)c1. The van der Waals surface area contributed by atoms with Gasteiger partial charge in [0, 0.05) is 37.6 Å². The summed E-state index contributed by atoms with van der Waals surface area (Å²) in [5.41, 5.74) is 4.14. The van der Waals surface area contributed by atoms with E-state index >= 15 is 0 Å². The number of carbonyl (C=O) groups is 1. The second-order valence-corrected chi connectivity index (χ2v) is 8.38. The number of hydrazone groups is 1. The molecule has 0 N–H and O–H groups in total. The van der Waals surface area contributed by atoms with Gasteiger partial charge in [0.15, 0.2) is 0 Å². The number of amides is 1. The molecule has 1 fully saturated rings. The summed E-state index contributed by atoms with van der Waals surface area (Å²) < 4.78 is 0. The van der Waals surface area contributed by atoms with Crippen molar-refractivity contribution in [2.24, 2.45) is 5.10 Å². The second kappa shape index (κ2) is 8.66. The van der Waals surface area contributed by atoms with Crippen molar-refractivity contribution < 1.29 is 4.79 Å². The van der Waals surface area contributed by atoms with Crippen LogP contribution in [0.4, 0.5) is 0 Å². The number of halogens is 1. The van der Waals surface area contributed by atoms with Crippen LogP contribution in [0.15, 0.2) is 53.6 Å². The fourth-order valence-corrected chi connectivity index (χ4v) is 4.26. The molecular weight excluding hydrogens is 384 g/mol. The van der Waals surface area contributed by atoms with Gasteiger partial charge in [-0.15, -0.1) is 0 Å². The molecule has 152 valence electrons. The molecule has 0 saturated carbocycles. The van der Waals surface area contributed by atoms with Crippen LogP contribution in [0.2, 0.25) is 5.02 Å². The Balaban J connectivity index is 1.60. The highest BCUT2D eigenvalue weighted by Crippen LogP contribution is 2.36. The number of hydrogen-bond donors (Lipinski definition) is 0. The van der Waals surface area contributed by atoms with Crippen LogP contribution in [0, 0.1) is 6.92 Å². The third-order valence-electron chi connectivity index (χ3n) is 5.74. The predicted octanol–water partition coefficient (Wildman–Crippen LogP) is 3.57. The van der Waals surface area contributed by atoms with Gasteiger partial charge >= 0.3 is 0 Å². The third-order valence-corrected chi connectivity index (χ3v) is 6.08. The summed E-state index contributed by atoms with van der Waals surface area (Å²) in [6.45, 7) is 6.24. The second-order valence-electron chi connectivity index (χ2n) is 7.98. The van der Waals surface area contributed by atoms with Crippen LogP contribution in [0.3, 0.4) is 0 Å². The first-order chi connectivity index (χ1) is 14.0. The van der Waals surface area contributed by atoms with Crippen LogP contribution in [0.5, 0.6) is 0 Å². The first-order valence-corrected chi connectivity index (χ1v) is 10.5. The maximum atomic E-state index is 13.3. The van der Waals surface area contributed by atoms with Crippen LogP contribution < -0.4 is 0 Å². The number of likely N-dealkylation sites (N-methyl/N-ethyl adjacent to an activating group) is 1. The summed E-state index contributed by atoms with van der Waals surface area (Å²) in [5.74, 6) is 0.0297. The quantitative estimate of drug-likeness (QED) is 0.773. The van der Waals surface area contributed by atoms with E-state index in [1.165, 1.54) is 5.56 Å². The number of aryl methyl sites for hydroxylation is 1. The van der Waals surface area contributed by atoms with Gasteiger partial charge in [0.05, 0.1) is 18.3 Å². The Bertz CT molecular complexity index is 921. The lowest BCUT2D eigenvalue weighted by atomic mass is 9.97. The van der Waals surface area contributed by atoms with Crippen LogP contribution in [-0.4, -0.2) is 66.2 Å². The van der Waals surface area contributed by atoms with E-state index in [0.29, 0.717) is 18.0 Å². The van der Waals surface area contributed by atoms with Crippen molar-refractivity contribution in [2.45, 2.75) is 19.4 Å². The predicted molar refractivity (Wildman–Crippen MR) is 117 cm³/mol. The van der Waals surface area contributed by atoms with E-state index in [1.807, 2.05) is 30.3 Å². The van der Waals surface area contributed by atoms with Crippen molar-refractivity contribution in [3.8, 4) is 0 Å². The molecule has 1 saturated heterocycles. The van der Waals surface area contributed by atoms with Gasteiger partial charge in [0.25, 0.3) is 5.91 Å². The molecule has 6 heteroatoms. The average Bonchev–Trinajstić information content (AvgIpc) is 3.15. The molecule has 2 aliphatic heterocycles. The van der Waals surface area contributed by atoms with Crippen LogP contribution >= 0.6 is 11.6 Å². The Morgan fingerprint density at radius 1 is 1.10 bits per heavy atom. The van der Waals surface area contributed by atoms with Gasteiger partial charge in [0.1, 0.15) is 0 Å². The molecule has 1 amide bonds. The lowest BCUT2D eigenvalue weighted by molar-refractivity contribution is -0.134. The zero-order valence-corrected chi connectivity index (χ0v) is 17.8. The number of nitrogens with zero attached hydrogens (tertiary/aromatic N) is 4. The lowest BCUT2D eigenvalue weighted by Gasteiger charge is -2.33. The molecule has 0 spiro atoms. The van der Waals surface area contributed by atoms with Crippen molar-refractivity contribution in [3.05, 3.63) is 70.2 Å². The molecule has 0 radical (unpaired) electrons. The van der Waals surface area contributed by atoms with Gasteiger partial charge in [-0.2, -0.15) is 5.10 Å². The van der Waals surface area contributed by atoms with E-state index in [0.717, 1.165) is 43.0 Å². The molecule has 29 heavy (non-hydrogen) atoms. The molecule has 0 aromatic heterocycles. The van der Waals surface area contributed by atoms with Crippen molar-refractivity contribution >= 4 is 23.2 Å². The monoisotopic (exact) mass is 410 g/mol. The van der Waals surface area contributed by atoms with E-state index < -0.39 is 0 Å². The Kier molecular flexibility index (Phi) is 5.99. The fourth-order valence-electron chi connectivity index (χ4n) is 4.00. The maximum Gasteiger partial charge on any atom is 0.257 e. The molecule has 5 nitrogen and oxygen atoms in total. The number of hydrogen-bond acceptors (Lipinski definition) is 4. The Labute approximate surface area is 177 Å². The smallest absolute Gasteiger partial charge is 0.257 e. The summed E-state index contributed by atoms with van der Waals surface area (Å²) in [7, 11) is 2.12. The van der Waals surface area contributed by atoms with Gasteiger partial charge in [-0.25, -0.2) is 5.01 Å². The molecule has 0 bridgehead atoms. The maximum absolute atomic E-state index is 13.3. The van der Waals surface area contributed by atoms with Gasteiger partial charge < -0.3 is 4.90 Å². The Morgan fingerprint density at radius 2 is 1.86 bits per heavy atom. The van der Waals surface area contributed by atoms with E-state index in [4.69, 9.17) is 16.7 Å². The number of benzene rings is 2. The van der Waals surface area contributed by atoms with Gasteiger partial charge in [-0.1, -0.05) is 59.6 Å². The Hall–Kier alpha value is -2.21. The zero-order valence-electron chi connectivity index (χ0n) is 17.0. The standard InChI is InChI=1S/C23H27ClN4O/c1-17-6-5-7-18(14-17)21-15-22(19-8-3-4-9-20(19)24)28(25-21)23(29)16-27-12-10-26(2)11-13-27/h3-9,14,22H,10-13,15-16H2,1-2H3. The van der Waals surface area contributed by atoms with E-state index in [-0.39, 0.29) is 11.9 Å². The number of rotatable bonds is 4. The normalized spacial score (nSPS) is 20.7. The van der Waals surface area contributed by atoms with E-state index in [1.54, 1.807) is 5.01 Å². The van der Waals surface area contributed by atoms with Gasteiger partial charge in [0.2, 0.25) is 0 Å². The molecule has 2 aromatic rings. The molecular formula is C23H27ClN4O. The molecule has 2 heterocycles. The summed E-state index contributed by atoms with van der Waals surface area (Å²) >= 11 is 6.50.